The van der Waals surface area contributed by atoms with E-state index in [4.69, 9.17) is 4.43 Å². The minimum Gasteiger partial charge on any atom is -0.405 e. The standard InChI is InChI=1S/C22H32O3Si/c1-18(16-23)15-19(24)17-25-26(22(2,3)4,20-11-7-5-8-12-20)21-13-9-6-10-14-21/h5-14,18-19,23-24H,15-17H2,1-4H3/t18-,19-/m1/s1. The second-order valence-corrected chi connectivity index (χ2v) is 12.5. The van der Waals surface area contributed by atoms with Crippen LogP contribution in [0.2, 0.25) is 5.04 Å². The summed E-state index contributed by atoms with van der Waals surface area (Å²) in [7, 11) is -2.60. The third kappa shape index (κ3) is 4.63. The van der Waals surface area contributed by atoms with Crippen molar-refractivity contribution in [1.82, 2.24) is 0 Å². The number of aliphatic hydroxyl groups excluding tert-OH is 2. The van der Waals surface area contributed by atoms with Gasteiger partial charge in [0.1, 0.15) is 0 Å². The van der Waals surface area contributed by atoms with Crippen LogP contribution in [0.1, 0.15) is 34.1 Å². The SMILES string of the molecule is C[C@@H](CO)C[C@@H](O)CO[Si](c1ccccc1)(c1ccccc1)C(C)(C)C. The molecule has 0 fully saturated rings. The first-order valence-electron chi connectivity index (χ1n) is 9.35. The van der Waals surface area contributed by atoms with E-state index < -0.39 is 14.4 Å². The summed E-state index contributed by atoms with van der Waals surface area (Å²) >= 11 is 0. The van der Waals surface area contributed by atoms with E-state index in [2.05, 4.69) is 69.3 Å². The Balaban J connectivity index is 2.44. The van der Waals surface area contributed by atoms with E-state index in [1.807, 2.05) is 19.1 Å². The molecule has 4 heteroatoms. The highest BCUT2D eigenvalue weighted by atomic mass is 28.4. The smallest absolute Gasteiger partial charge is 0.261 e. The number of hydrogen-bond donors (Lipinski definition) is 2. The summed E-state index contributed by atoms with van der Waals surface area (Å²) in [5.41, 5.74) is 0. The van der Waals surface area contributed by atoms with Gasteiger partial charge in [0.15, 0.2) is 0 Å². The molecule has 0 aromatic heterocycles. The fourth-order valence-electron chi connectivity index (χ4n) is 3.59. The molecule has 0 spiro atoms. The third-order valence-corrected chi connectivity index (χ3v) is 9.90. The number of aliphatic hydroxyl groups is 2. The van der Waals surface area contributed by atoms with Gasteiger partial charge in [-0.25, -0.2) is 0 Å². The zero-order valence-electron chi connectivity index (χ0n) is 16.4. The monoisotopic (exact) mass is 372 g/mol. The molecule has 3 nitrogen and oxygen atoms in total. The molecule has 0 aliphatic heterocycles. The molecule has 142 valence electrons. The minimum atomic E-state index is -2.60. The first-order valence-corrected chi connectivity index (χ1v) is 11.3. The fourth-order valence-corrected chi connectivity index (χ4v) is 8.19. The summed E-state index contributed by atoms with van der Waals surface area (Å²) in [6.07, 6.45) is -0.0480. The van der Waals surface area contributed by atoms with E-state index >= 15 is 0 Å². The van der Waals surface area contributed by atoms with Gasteiger partial charge in [0, 0.05) is 6.61 Å². The molecular formula is C22H32O3Si. The molecule has 0 radical (unpaired) electrons. The van der Waals surface area contributed by atoms with Gasteiger partial charge in [-0.2, -0.15) is 0 Å². The molecule has 2 aromatic carbocycles. The maximum absolute atomic E-state index is 10.5. The molecule has 0 aliphatic carbocycles. The molecule has 0 amide bonds. The van der Waals surface area contributed by atoms with E-state index in [1.165, 1.54) is 10.4 Å². The Kier molecular flexibility index (Phi) is 7.18. The summed E-state index contributed by atoms with van der Waals surface area (Å²) in [6, 6.07) is 20.8. The Bertz CT molecular complexity index is 613. The molecule has 0 saturated heterocycles. The topological polar surface area (TPSA) is 49.7 Å². The maximum atomic E-state index is 10.5. The first kappa shape index (κ1) is 20.8. The van der Waals surface area contributed by atoms with E-state index in [9.17, 15) is 10.2 Å². The van der Waals surface area contributed by atoms with Crippen LogP contribution in [0, 0.1) is 5.92 Å². The van der Waals surface area contributed by atoms with Gasteiger partial charge in [-0.1, -0.05) is 88.4 Å². The van der Waals surface area contributed by atoms with Gasteiger partial charge in [0.2, 0.25) is 0 Å². The van der Waals surface area contributed by atoms with Crippen LogP contribution in [0.4, 0.5) is 0 Å². The summed E-state index contributed by atoms with van der Waals surface area (Å²) in [4.78, 5) is 0. The lowest BCUT2D eigenvalue weighted by Gasteiger charge is -2.43. The predicted octanol–water partition coefficient (Wildman–Crippen LogP) is 2.94. The van der Waals surface area contributed by atoms with Crippen molar-refractivity contribution < 1.29 is 14.6 Å². The Morgan fingerprint density at radius 1 is 0.923 bits per heavy atom. The summed E-state index contributed by atoms with van der Waals surface area (Å²) in [5.74, 6) is 0.0627. The van der Waals surface area contributed by atoms with Crippen LogP contribution in [0.15, 0.2) is 60.7 Å². The first-order chi connectivity index (χ1) is 12.3. The van der Waals surface area contributed by atoms with Crippen molar-refractivity contribution in [3.05, 3.63) is 60.7 Å². The Labute approximate surface area is 158 Å². The lowest BCUT2D eigenvalue weighted by atomic mass is 10.1. The van der Waals surface area contributed by atoms with Crippen molar-refractivity contribution in [3.63, 3.8) is 0 Å². The van der Waals surface area contributed by atoms with Gasteiger partial charge in [-0.3, -0.25) is 0 Å². The lowest BCUT2D eigenvalue weighted by molar-refractivity contribution is 0.0718. The second kappa shape index (κ2) is 8.96. The van der Waals surface area contributed by atoms with Crippen molar-refractivity contribution in [1.29, 1.82) is 0 Å². The zero-order chi connectivity index (χ0) is 19.2. The Hall–Kier alpha value is -1.46. The van der Waals surface area contributed by atoms with Crippen LogP contribution < -0.4 is 10.4 Å². The normalized spacial score (nSPS) is 14.8. The van der Waals surface area contributed by atoms with Crippen LogP contribution in [0.3, 0.4) is 0 Å². The highest BCUT2D eigenvalue weighted by Gasteiger charge is 2.50. The quantitative estimate of drug-likeness (QED) is 0.701. The molecule has 0 bridgehead atoms. The third-order valence-electron chi connectivity index (χ3n) is 4.90. The highest BCUT2D eigenvalue weighted by molar-refractivity contribution is 6.99. The Morgan fingerprint density at radius 3 is 1.77 bits per heavy atom. The molecule has 0 saturated carbocycles. The van der Waals surface area contributed by atoms with E-state index in [0.717, 1.165) is 0 Å². The second-order valence-electron chi connectivity index (χ2n) is 8.15. The Morgan fingerprint density at radius 2 is 1.38 bits per heavy atom. The highest BCUT2D eigenvalue weighted by Crippen LogP contribution is 2.36. The van der Waals surface area contributed by atoms with E-state index in [-0.39, 0.29) is 24.2 Å². The molecule has 2 N–H and O–H groups in total. The maximum Gasteiger partial charge on any atom is 0.261 e. The van der Waals surface area contributed by atoms with Gasteiger partial charge in [-0.05, 0) is 27.8 Å². The molecule has 2 aromatic rings. The molecular weight excluding hydrogens is 340 g/mol. The average molecular weight is 373 g/mol. The molecule has 2 rings (SSSR count). The average Bonchev–Trinajstić information content (AvgIpc) is 2.62. The molecule has 26 heavy (non-hydrogen) atoms. The van der Waals surface area contributed by atoms with Gasteiger partial charge < -0.3 is 14.6 Å². The fraction of sp³-hybridized carbons (Fsp3) is 0.455. The summed E-state index contributed by atoms with van der Waals surface area (Å²) in [6.45, 7) is 8.96. The van der Waals surface area contributed by atoms with Gasteiger partial charge in [-0.15, -0.1) is 0 Å². The van der Waals surface area contributed by atoms with E-state index in [0.29, 0.717) is 6.42 Å². The molecule has 2 atom stereocenters. The lowest BCUT2D eigenvalue weighted by Crippen LogP contribution is -2.67. The van der Waals surface area contributed by atoms with Crippen molar-refractivity contribution in [2.75, 3.05) is 13.2 Å². The molecule has 0 aliphatic rings. The van der Waals surface area contributed by atoms with Gasteiger partial charge in [0.25, 0.3) is 8.32 Å². The van der Waals surface area contributed by atoms with Crippen LogP contribution in [-0.2, 0) is 4.43 Å². The number of rotatable bonds is 8. The van der Waals surface area contributed by atoms with Crippen molar-refractivity contribution in [3.8, 4) is 0 Å². The minimum absolute atomic E-state index is 0.0627. The van der Waals surface area contributed by atoms with Crippen LogP contribution >= 0.6 is 0 Å². The molecule has 0 heterocycles. The number of benzene rings is 2. The van der Waals surface area contributed by atoms with E-state index in [1.54, 1.807) is 0 Å². The summed E-state index contributed by atoms with van der Waals surface area (Å²) < 4.78 is 6.68. The predicted molar refractivity (Wildman–Crippen MR) is 110 cm³/mol. The van der Waals surface area contributed by atoms with Crippen molar-refractivity contribution >= 4 is 18.7 Å². The summed E-state index contributed by atoms with van der Waals surface area (Å²) in [5, 5.41) is 22.0. The van der Waals surface area contributed by atoms with Gasteiger partial charge in [0.05, 0.1) is 12.7 Å². The number of hydrogen-bond acceptors (Lipinski definition) is 3. The zero-order valence-corrected chi connectivity index (χ0v) is 17.4. The molecule has 0 unspecified atom stereocenters. The van der Waals surface area contributed by atoms with Crippen molar-refractivity contribution in [2.24, 2.45) is 5.92 Å². The van der Waals surface area contributed by atoms with Crippen LogP contribution in [0.5, 0.6) is 0 Å². The largest absolute Gasteiger partial charge is 0.405 e. The van der Waals surface area contributed by atoms with Crippen LogP contribution in [0.25, 0.3) is 0 Å². The van der Waals surface area contributed by atoms with Gasteiger partial charge >= 0.3 is 0 Å². The van der Waals surface area contributed by atoms with Crippen molar-refractivity contribution in [2.45, 2.75) is 45.3 Å². The van der Waals surface area contributed by atoms with Crippen LogP contribution in [-0.4, -0.2) is 37.8 Å².